The molecule has 1 aromatic heterocycles. The third-order valence-corrected chi connectivity index (χ3v) is 4.37. The van der Waals surface area contributed by atoms with E-state index in [1.165, 1.54) is 6.20 Å². The van der Waals surface area contributed by atoms with E-state index in [-0.39, 0.29) is 12.0 Å². The van der Waals surface area contributed by atoms with Crippen molar-refractivity contribution in [3.05, 3.63) is 28.8 Å². The fourth-order valence-corrected chi connectivity index (χ4v) is 3.24. The quantitative estimate of drug-likeness (QED) is 0.780. The van der Waals surface area contributed by atoms with Gasteiger partial charge >= 0.3 is 6.09 Å². The first kappa shape index (κ1) is 14.9. The van der Waals surface area contributed by atoms with E-state index in [1.54, 1.807) is 4.90 Å². The molecule has 0 bridgehead atoms. The lowest BCUT2D eigenvalue weighted by atomic mass is 9.83. The van der Waals surface area contributed by atoms with Crippen LogP contribution in [0.25, 0.3) is 6.05 Å². The summed E-state index contributed by atoms with van der Waals surface area (Å²) in [5, 5.41) is 0.355. The van der Waals surface area contributed by atoms with Gasteiger partial charge in [0.25, 0.3) is 0 Å². The van der Waals surface area contributed by atoms with Crippen LogP contribution in [0, 0.1) is 5.92 Å². The summed E-state index contributed by atoms with van der Waals surface area (Å²) in [7, 11) is 0. The Labute approximate surface area is 143 Å². The summed E-state index contributed by atoms with van der Waals surface area (Å²) in [4.78, 5) is 22.5. The molecule has 1 aliphatic carbocycles. The largest absolute Gasteiger partial charge is 0.444 e. The van der Waals surface area contributed by atoms with Gasteiger partial charge in [-0.3, -0.25) is 4.98 Å². The number of ether oxygens (including phenoxy) is 1. The van der Waals surface area contributed by atoms with Gasteiger partial charge < -0.3 is 9.64 Å². The van der Waals surface area contributed by atoms with E-state index in [0.717, 1.165) is 18.5 Å². The van der Waals surface area contributed by atoms with Crippen LogP contribution in [0.3, 0.4) is 0 Å². The average molecular weight is 337 g/mol. The molecule has 1 saturated heterocycles. The number of likely N-dealkylation sites (tertiary alicyclic amines) is 1. The monoisotopic (exact) mass is 336 g/mol. The van der Waals surface area contributed by atoms with Crippen molar-refractivity contribution in [1.29, 1.82) is 0 Å². The Morgan fingerprint density at radius 1 is 1.43 bits per heavy atom. The number of amides is 1. The lowest BCUT2D eigenvalue weighted by Crippen LogP contribution is -2.42. The van der Waals surface area contributed by atoms with Crippen LogP contribution in [-0.4, -0.2) is 39.7 Å². The Hall–Kier alpha value is -1.62. The second-order valence-corrected chi connectivity index (χ2v) is 7.46. The smallest absolute Gasteiger partial charge is 0.410 e. The minimum atomic E-state index is -0.479. The maximum Gasteiger partial charge on any atom is 0.410 e. The molecular formula is C17H22ClN3O2. The van der Waals surface area contributed by atoms with Gasteiger partial charge in [-0.1, -0.05) is 17.7 Å². The van der Waals surface area contributed by atoms with Crippen molar-refractivity contribution in [2.45, 2.75) is 45.1 Å². The molecule has 1 aromatic rings. The van der Waals surface area contributed by atoms with E-state index in [9.17, 15) is 4.79 Å². The first-order chi connectivity index (χ1) is 11.2. The van der Waals surface area contributed by atoms with Gasteiger partial charge in [-0.15, -0.1) is 0 Å². The van der Waals surface area contributed by atoms with Gasteiger partial charge in [0.15, 0.2) is 0 Å². The molecule has 6 heteroatoms. The number of aromatic nitrogens is 2. The van der Waals surface area contributed by atoms with Crippen molar-refractivity contribution in [2.75, 3.05) is 13.1 Å². The third kappa shape index (κ3) is 3.66. The molecule has 1 atom stereocenters. The zero-order chi connectivity index (χ0) is 17.5. The molecule has 2 heterocycles. The van der Waals surface area contributed by atoms with Crippen LogP contribution in [0.4, 0.5) is 4.79 Å². The first-order valence-corrected chi connectivity index (χ1v) is 8.31. The molecule has 2 aliphatic rings. The zero-order valence-electron chi connectivity index (χ0n) is 14.7. The van der Waals surface area contributed by atoms with Gasteiger partial charge in [0, 0.05) is 19.0 Å². The molecule has 1 amide bonds. The van der Waals surface area contributed by atoms with Gasteiger partial charge in [0.2, 0.25) is 0 Å². The van der Waals surface area contributed by atoms with E-state index in [0.29, 0.717) is 35.9 Å². The van der Waals surface area contributed by atoms with Crippen LogP contribution >= 0.6 is 11.6 Å². The number of hydrogen-bond acceptors (Lipinski definition) is 4. The van der Waals surface area contributed by atoms with E-state index >= 15 is 0 Å². The van der Waals surface area contributed by atoms with Gasteiger partial charge in [-0.2, -0.15) is 0 Å². The van der Waals surface area contributed by atoms with Crippen LogP contribution in [0.15, 0.2) is 12.3 Å². The van der Waals surface area contributed by atoms with Crippen LogP contribution < -0.4 is 0 Å². The highest BCUT2D eigenvalue weighted by atomic mass is 35.5. The Balaban J connectivity index is 1.66. The van der Waals surface area contributed by atoms with Crippen molar-refractivity contribution in [3.8, 4) is 0 Å². The molecule has 3 rings (SSSR count). The standard InChI is InChI=1S/C17H22ClN3O2/c1-17(2,3)23-16(22)21-8-6-11(7-9-21)12-4-5-13-15(12)20-14(18)10-19-13/h4-5,10-12H,6-9H2,1-3H3/i5D. The maximum absolute atomic E-state index is 12.2. The Kier molecular flexibility index (Phi) is 3.97. The SMILES string of the molecule is [2H]C1=CC(C2CCN(C(=O)OC(C)(C)C)CC2)c2nc(Cl)cnc21. The number of allylic oxidation sites excluding steroid dienone is 1. The summed E-state index contributed by atoms with van der Waals surface area (Å²) < 4.78 is 13.5. The maximum atomic E-state index is 12.2. The predicted octanol–water partition coefficient (Wildman–Crippen LogP) is 3.89. The molecule has 23 heavy (non-hydrogen) atoms. The molecule has 0 spiro atoms. The number of carbonyl (C=O) groups is 1. The summed E-state index contributed by atoms with van der Waals surface area (Å²) in [5.41, 5.74) is 0.940. The van der Waals surface area contributed by atoms with Crippen LogP contribution in [0.1, 0.15) is 52.3 Å². The lowest BCUT2D eigenvalue weighted by Gasteiger charge is -2.35. The highest BCUT2D eigenvalue weighted by Crippen LogP contribution is 2.38. The summed E-state index contributed by atoms with van der Waals surface area (Å²) in [6, 6.07) is 0.411. The number of nitrogens with zero attached hydrogens (tertiary/aromatic N) is 3. The number of halogens is 1. The van der Waals surface area contributed by atoms with Crippen LogP contribution in [0.2, 0.25) is 5.15 Å². The molecule has 0 N–H and O–H groups in total. The first-order valence-electron chi connectivity index (χ1n) is 8.44. The molecule has 0 radical (unpaired) electrons. The van der Waals surface area contributed by atoms with E-state index < -0.39 is 5.60 Å². The molecular weight excluding hydrogens is 314 g/mol. The number of fused-ring (bicyclic) bond motifs is 1. The number of rotatable bonds is 1. The van der Waals surface area contributed by atoms with Gasteiger partial charge in [-0.05, 0) is 45.6 Å². The van der Waals surface area contributed by atoms with Crippen LogP contribution in [0.5, 0.6) is 0 Å². The number of hydrogen-bond donors (Lipinski definition) is 0. The van der Waals surface area contributed by atoms with Gasteiger partial charge in [-0.25, -0.2) is 9.78 Å². The Morgan fingerprint density at radius 3 is 2.78 bits per heavy atom. The van der Waals surface area contributed by atoms with Gasteiger partial charge in [0.1, 0.15) is 10.8 Å². The highest BCUT2D eigenvalue weighted by Gasteiger charge is 2.33. The molecule has 1 fully saturated rings. The minimum Gasteiger partial charge on any atom is -0.444 e. The van der Waals surface area contributed by atoms with E-state index in [2.05, 4.69) is 9.97 Å². The molecule has 0 aromatic carbocycles. The van der Waals surface area contributed by atoms with Crippen molar-refractivity contribution in [2.24, 2.45) is 5.92 Å². The highest BCUT2D eigenvalue weighted by molar-refractivity contribution is 6.29. The minimum absolute atomic E-state index is 0.0551. The van der Waals surface area contributed by atoms with Crippen molar-refractivity contribution >= 4 is 23.7 Å². The molecule has 1 unspecified atom stereocenters. The fourth-order valence-electron chi connectivity index (χ4n) is 3.10. The fraction of sp³-hybridized carbons (Fsp3) is 0.588. The lowest BCUT2D eigenvalue weighted by molar-refractivity contribution is 0.0179. The van der Waals surface area contributed by atoms with Crippen LogP contribution in [-0.2, 0) is 4.74 Å². The summed E-state index contributed by atoms with van der Waals surface area (Å²) in [6.07, 6.45) is 4.83. The molecule has 1 aliphatic heterocycles. The number of carbonyl (C=O) groups excluding carboxylic acids is 1. The summed E-state index contributed by atoms with van der Waals surface area (Å²) in [5.74, 6) is 0.387. The second kappa shape index (κ2) is 6.11. The average Bonchev–Trinajstić information content (AvgIpc) is 2.82. The van der Waals surface area contributed by atoms with E-state index in [1.807, 2.05) is 26.8 Å². The third-order valence-electron chi connectivity index (χ3n) is 4.18. The molecule has 5 nitrogen and oxygen atoms in total. The predicted molar refractivity (Wildman–Crippen MR) is 89.3 cm³/mol. The second-order valence-electron chi connectivity index (χ2n) is 7.07. The normalized spacial score (nSPS) is 22.4. The van der Waals surface area contributed by atoms with Crippen molar-refractivity contribution < 1.29 is 10.9 Å². The molecule has 0 saturated carbocycles. The van der Waals surface area contributed by atoms with E-state index in [4.69, 9.17) is 17.7 Å². The summed E-state index contributed by atoms with van der Waals surface area (Å²) in [6.45, 7) is 6.92. The Bertz CT molecular complexity index is 679. The summed E-state index contributed by atoms with van der Waals surface area (Å²) >= 11 is 5.97. The molecule has 124 valence electrons. The zero-order valence-corrected chi connectivity index (χ0v) is 14.4. The van der Waals surface area contributed by atoms with Crippen molar-refractivity contribution in [3.63, 3.8) is 0 Å². The topological polar surface area (TPSA) is 55.3 Å². The Morgan fingerprint density at radius 2 is 2.13 bits per heavy atom. The number of piperidine rings is 1. The van der Waals surface area contributed by atoms with Gasteiger partial charge in [0.05, 0.1) is 19.0 Å². The van der Waals surface area contributed by atoms with Crippen molar-refractivity contribution in [1.82, 2.24) is 14.9 Å².